The highest BCUT2D eigenvalue weighted by Crippen LogP contribution is 2.26. The second-order valence-electron chi connectivity index (χ2n) is 5.05. The number of aryl methyl sites for hydroxylation is 1. The second-order valence-corrected chi connectivity index (χ2v) is 6.55. The van der Waals surface area contributed by atoms with Crippen LogP contribution in [0.1, 0.15) is 5.89 Å². The first-order valence-electron chi connectivity index (χ1n) is 6.66. The van der Waals surface area contributed by atoms with Crippen molar-refractivity contribution >= 4 is 21.9 Å². The lowest BCUT2D eigenvalue weighted by Gasteiger charge is -2.13. The first kappa shape index (κ1) is 15.4. The highest BCUT2D eigenvalue weighted by Gasteiger charge is 2.35. The molecule has 23 heavy (non-hydrogen) atoms. The number of amides is 1. The summed E-state index contributed by atoms with van der Waals surface area (Å²) in [5.41, 5.74) is 1.15. The molecule has 1 amide bonds. The van der Waals surface area contributed by atoms with Crippen LogP contribution in [0.15, 0.2) is 28.8 Å². The molecule has 2 heterocycles. The van der Waals surface area contributed by atoms with E-state index in [2.05, 4.69) is 10.1 Å². The summed E-state index contributed by atoms with van der Waals surface area (Å²) >= 11 is 0. The molecule has 0 spiro atoms. The molecule has 1 aromatic carbocycles. The van der Waals surface area contributed by atoms with E-state index in [1.807, 2.05) is 0 Å². The van der Waals surface area contributed by atoms with Crippen LogP contribution in [-0.4, -0.2) is 47.6 Å². The summed E-state index contributed by atoms with van der Waals surface area (Å²) in [5, 5.41) is 3.80. The topological polar surface area (TPSA) is 123 Å². The second kappa shape index (κ2) is 5.63. The van der Waals surface area contributed by atoms with Crippen LogP contribution in [0, 0.1) is 6.92 Å². The molecule has 1 unspecified atom stereocenters. The Kier molecular flexibility index (Phi) is 3.78. The summed E-state index contributed by atoms with van der Waals surface area (Å²) in [5.74, 6) is 0.157. The molecule has 1 aliphatic heterocycles. The summed E-state index contributed by atoms with van der Waals surface area (Å²) in [6.07, 6.45) is -1.60. The number of aromatic nitrogens is 2. The maximum absolute atomic E-state index is 11.9. The lowest BCUT2D eigenvalue weighted by molar-refractivity contribution is 0.150. The molecule has 3 rings (SSSR count). The van der Waals surface area contributed by atoms with Crippen molar-refractivity contribution < 1.29 is 27.0 Å². The highest BCUT2D eigenvalue weighted by molar-refractivity contribution is 7.85. The Balaban J connectivity index is 1.83. The van der Waals surface area contributed by atoms with Gasteiger partial charge in [-0.1, -0.05) is 17.3 Å². The van der Waals surface area contributed by atoms with Crippen molar-refractivity contribution in [3.63, 3.8) is 0 Å². The van der Waals surface area contributed by atoms with Gasteiger partial charge in [0.1, 0.15) is 11.9 Å². The van der Waals surface area contributed by atoms with Gasteiger partial charge in [0.25, 0.3) is 10.1 Å². The minimum Gasteiger partial charge on any atom is -0.443 e. The molecular formula is C13H13N3O6S. The minimum absolute atomic E-state index is 0.0212. The quantitative estimate of drug-likeness (QED) is 0.826. The molecule has 9 nitrogen and oxygen atoms in total. The number of ether oxygens (including phenoxy) is 1. The van der Waals surface area contributed by atoms with Gasteiger partial charge in [-0.25, -0.2) is 4.79 Å². The fraction of sp³-hybridized carbons (Fsp3) is 0.308. The number of cyclic esters (lactones) is 1. The largest absolute Gasteiger partial charge is 0.443 e. The van der Waals surface area contributed by atoms with Gasteiger partial charge in [0, 0.05) is 18.2 Å². The van der Waals surface area contributed by atoms with Gasteiger partial charge in [-0.05, 0) is 12.1 Å². The Labute approximate surface area is 131 Å². The van der Waals surface area contributed by atoms with Crippen molar-refractivity contribution in [2.45, 2.75) is 13.0 Å². The predicted octanol–water partition coefficient (Wildman–Crippen LogP) is 1.26. The summed E-state index contributed by atoms with van der Waals surface area (Å²) in [6.45, 7) is 1.69. The van der Waals surface area contributed by atoms with Crippen LogP contribution < -0.4 is 4.90 Å². The van der Waals surface area contributed by atoms with E-state index in [4.69, 9.17) is 13.8 Å². The van der Waals surface area contributed by atoms with Crippen molar-refractivity contribution in [2.24, 2.45) is 0 Å². The molecule has 1 aliphatic rings. The van der Waals surface area contributed by atoms with E-state index < -0.39 is 28.1 Å². The fourth-order valence-corrected chi connectivity index (χ4v) is 2.93. The predicted molar refractivity (Wildman–Crippen MR) is 78.5 cm³/mol. The zero-order valence-electron chi connectivity index (χ0n) is 12.0. The van der Waals surface area contributed by atoms with Gasteiger partial charge in [-0.15, -0.1) is 0 Å². The monoisotopic (exact) mass is 339 g/mol. The number of nitrogens with zero attached hydrogens (tertiary/aromatic N) is 3. The molecule has 1 aromatic heterocycles. The Hall–Kier alpha value is -2.46. The number of carbonyl (C=O) groups excluding carboxylic acids is 1. The van der Waals surface area contributed by atoms with E-state index in [1.54, 1.807) is 31.2 Å². The minimum atomic E-state index is -4.22. The number of anilines is 1. The Morgan fingerprint density at radius 2 is 2.22 bits per heavy atom. The van der Waals surface area contributed by atoms with Gasteiger partial charge in [0.2, 0.25) is 11.7 Å². The summed E-state index contributed by atoms with van der Waals surface area (Å²) in [4.78, 5) is 17.3. The molecule has 1 N–H and O–H groups in total. The van der Waals surface area contributed by atoms with Crippen LogP contribution in [0.5, 0.6) is 0 Å². The number of rotatable bonds is 4. The molecule has 0 aliphatic carbocycles. The van der Waals surface area contributed by atoms with Crippen molar-refractivity contribution in [1.82, 2.24) is 10.1 Å². The van der Waals surface area contributed by atoms with Crippen molar-refractivity contribution in [3.05, 3.63) is 30.2 Å². The molecule has 2 aromatic rings. The number of carbonyl (C=O) groups is 1. The molecule has 0 bridgehead atoms. The van der Waals surface area contributed by atoms with Crippen LogP contribution in [0.3, 0.4) is 0 Å². The van der Waals surface area contributed by atoms with Crippen LogP contribution >= 0.6 is 0 Å². The van der Waals surface area contributed by atoms with Gasteiger partial charge < -0.3 is 9.26 Å². The SMILES string of the molecule is Cc1nc(-c2cccc(N3CC(CS(=O)(=O)O)OC3=O)c2)no1. The zero-order chi connectivity index (χ0) is 16.6. The van der Waals surface area contributed by atoms with Crippen molar-refractivity contribution in [2.75, 3.05) is 17.2 Å². The van der Waals surface area contributed by atoms with E-state index in [0.29, 0.717) is 23.0 Å². The average Bonchev–Trinajstić information content (AvgIpc) is 3.03. The highest BCUT2D eigenvalue weighted by atomic mass is 32.2. The van der Waals surface area contributed by atoms with Crippen LogP contribution in [0.2, 0.25) is 0 Å². The summed E-state index contributed by atoms with van der Waals surface area (Å²) in [6, 6.07) is 6.81. The molecule has 10 heteroatoms. The van der Waals surface area contributed by atoms with Crippen LogP contribution in [0.25, 0.3) is 11.4 Å². The third-order valence-corrected chi connectivity index (χ3v) is 4.01. The first-order valence-corrected chi connectivity index (χ1v) is 8.27. The van der Waals surface area contributed by atoms with Crippen molar-refractivity contribution in [1.29, 1.82) is 0 Å². The molecule has 1 atom stereocenters. The van der Waals surface area contributed by atoms with Gasteiger partial charge in [0.15, 0.2) is 0 Å². The van der Waals surface area contributed by atoms with Gasteiger partial charge in [0.05, 0.1) is 6.54 Å². The lowest BCUT2D eigenvalue weighted by Crippen LogP contribution is -2.27. The average molecular weight is 339 g/mol. The molecule has 122 valence electrons. The first-order chi connectivity index (χ1) is 10.8. The van der Waals surface area contributed by atoms with Crippen molar-refractivity contribution in [3.8, 4) is 11.4 Å². The lowest BCUT2D eigenvalue weighted by atomic mass is 10.2. The van der Waals surface area contributed by atoms with Crippen LogP contribution in [0.4, 0.5) is 10.5 Å². The maximum atomic E-state index is 11.9. The van der Waals surface area contributed by atoms with E-state index in [0.717, 1.165) is 0 Å². The summed E-state index contributed by atoms with van der Waals surface area (Å²) < 4.78 is 40.5. The molecular weight excluding hydrogens is 326 g/mol. The maximum Gasteiger partial charge on any atom is 0.414 e. The van der Waals surface area contributed by atoms with Gasteiger partial charge >= 0.3 is 6.09 Å². The summed E-state index contributed by atoms with van der Waals surface area (Å²) in [7, 11) is -4.22. The number of benzene rings is 1. The zero-order valence-corrected chi connectivity index (χ0v) is 12.9. The van der Waals surface area contributed by atoms with E-state index in [-0.39, 0.29) is 6.54 Å². The molecule has 0 saturated carbocycles. The van der Waals surface area contributed by atoms with E-state index in [9.17, 15) is 13.2 Å². The third-order valence-electron chi connectivity index (χ3n) is 3.21. The Morgan fingerprint density at radius 1 is 1.43 bits per heavy atom. The smallest absolute Gasteiger partial charge is 0.414 e. The number of hydrogen-bond donors (Lipinski definition) is 1. The van der Waals surface area contributed by atoms with Crippen LogP contribution in [-0.2, 0) is 14.9 Å². The third kappa shape index (κ3) is 3.48. The van der Waals surface area contributed by atoms with E-state index >= 15 is 0 Å². The Morgan fingerprint density at radius 3 is 2.87 bits per heavy atom. The van der Waals surface area contributed by atoms with Gasteiger partial charge in [-0.2, -0.15) is 13.4 Å². The number of hydrogen-bond acceptors (Lipinski definition) is 7. The van der Waals surface area contributed by atoms with Gasteiger partial charge in [-0.3, -0.25) is 9.45 Å². The fourth-order valence-electron chi connectivity index (χ4n) is 2.28. The van der Waals surface area contributed by atoms with E-state index in [1.165, 1.54) is 4.90 Å². The Bertz CT molecular complexity index is 847. The molecule has 1 fully saturated rings. The molecule has 0 radical (unpaired) electrons. The normalized spacial score (nSPS) is 18.3. The standard InChI is InChI=1S/C13H13N3O6S/c1-8-14-12(15-22-8)9-3-2-4-10(5-9)16-6-11(21-13(16)17)7-23(18,19)20/h2-5,11H,6-7H2,1H3,(H,18,19,20). The molecule has 1 saturated heterocycles.